The normalized spacial score (nSPS) is 12.3. The van der Waals surface area contributed by atoms with Crippen LogP contribution in [-0.2, 0) is 0 Å². The zero-order valence-corrected chi connectivity index (χ0v) is 11.1. The molecule has 2 aromatic rings. The smallest absolute Gasteiger partial charge is 0.0701 e. The predicted octanol–water partition coefficient (Wildman–Crippen LogP) is 3.81. The summed E-state index contributed by atoms with van der Waals surface area (Å²) in [7, 11) is 0. The molecule has 0 aliphatic carbocycles. The molecule has 1 aromatic carbocycles. The molecule has 94 valence electrons. The van der Waals surface area contributed by atoms with Gasteiger partial charge in [-0.3, -0.25) is 4.98 Å². The quantitative estimate of drug-likeness (QED) is 0.859. The van der Waals surface area contributed by atoms with Crippen LogP contribution in [0.3, 0.4) is 0 Å². The zero-order valence-electron chi connectivity index (χ0n) is 11.1. The van der Waals surface area contributed by atoms with Gasteiger partial charge in [-0.1, -0.05) is 37.3 Å². The van der Waals surface area contributed by atoms with Crippen LogP contribution in [0.1, 0.15) is 31.9 Å². The molecule has 1 atom stereocenters. The third kappa shape index (κ3) is 3.17. The van der Waals surface area contributed by atoms with Gasteiger partial charge in [0.05, 0.1) is 5.69 Å². The summed E-state index contributed by atoms with van der Waals surface area (Å²) in [6.45, 7) is 5.44. The van der Waals surface area contributed by atoms with Crippen molar-refractivity contribution in [1.82, 2.24) is 10.3 Å². The summed E-state index contributed by atoms with van der Waals surface area (Å²) in [6, 6.07) is 15.0. The number of aromatic nitrogens is 1. The van der Waals surface area contributed by atoms with Gasteiger partial charge in [0.1, 0.15) is 0 Å². The van der Waals surface area contributed by atoms with E-state index < -0.39 is 0 Å². The first kappa shape index (κ1) is 12.8. The van der Waals surface area contributed by atoms with Crippen LogP contribution in [0.5, 0.6) is 0 Å². The predicted molar refractivity (Wildman–Crippen MR) is 76.4 cm³/mol. The minimum absolute atomic E-state index is 0.405. The minimum Gasteiger partial charge on any atom is -0.310 e. The molecule has 2 heteroatoms. The summed E-state index contributed by atoms with van der Waals surface area (Å²) >= 11 is 0. The van der Waals surface area contributed by atoms with Crippen LogP contribution in [0.25, 0.3) is 11.3 Å². The summed E-state index contributed by atoms with van der Waals surface area (Å²) in [5.41, 5.74) is 3.52. The Morgan fingerprint density at radius 3 is 2.50 bits per heavy atom. The second-order valence-electron chi connectivity index (χ2n) is 4.51. The van der Waals surface area contributed by atoms with Crippen molar-refractivity contribution >= 4 is 0 Å². The van der Waals surface area contributed by atoms with Crippen molar-refractivity contribution in [3.8, 4) is 11.3 Å². The highest BCUT2D eigenvalue weighted by atomic mass is 14.9. The second kappa shape index (κ2) is 6.31. The van der Waals surface area contributed by atoms with E-state index in [1.54, 1.807) is 0 Å². The molecule has 0 aliphatic rings. The Morgan fingerprint density at radius 1 is 1.11 bits per heavy atom. The fraction of sp³-hybridized carbons (Fsp3) is 0.312. The van der Waals surface area contributed by atoms with E-state index >= 15 is 0 Å². The summed E-state index contributed by atoms with van der Waals surface area (Å²) < 4.78 is 0. The molecule has 0 spiro atoms. The zero-order chi connectivity index (χ0) is 12.8. The van der Waals surface area contributed by atoms with Crippen LogP contribution in [0.2, 0.25) is 0 Å². The van der Waals surface area contributed by atoms with Crippen molar-refractivity contribution < 1.29 is 0 Å². The summed E-state index contributed by atoms with van der Waals surface area (Å²) in [4.78, 5) is 4.36. The molecule has 0 amide bonds. The van der Waals surface area contributed by atoms with Gasteiger partial charge in [0.15, 0.2) is 0 Å². The van der Waals surface area contributed by atoms with Gasteiger partial charge in [-0.25, -0.2) is 0 Å². The highest BCUT2D eigenvalue weighted by Crippen LogP contribution is 2.19. The lowest BCUT2D eigenvalue weighted by Crippen LogP contribution is -2.19. The minimum atomic E-state index is 0.405. The molecule has 0 saturated carbocycles. The molecular weight excluding hydrogens is 220 g/mol. The van der Waals surface area contributed by atoms with Crippen molar-refractivity contribution in [2.24, 2.45) is 0 Å². The van der Waals surface area contributed by atoms with Gasteiger partial charge in [-0.2, -0.15) is 0 Å². The lowest BCUT2D eigenvalue weighted by molar-refractivity contribution is 0.571. The first-order chi connectivity index (χ1) is 8.81. The largest absolute Gasteiger partial charge is 0.310 e. The maximum Gasteiger partial charge on any atom is 0.0701 e. The van der Waals surface area contributed by atoms with Crippen LogP contribution in [-0.4, -0.2) is 11.5 Å². The van der Waals surface area contributed by atoms with Gasteiger partial charge >= 0.3 is 0 Å². The molecule has 2 nitrogen and oxygen atoms in total. The number of hydrogen-bond donors (Lipinski definition) is 1. The molecule has 1 heterocycles. The number of rotatable bonds is 5. The Hall–Kier alpha value is -1.67. The van der Waals surface area contributed by atoms with Gasteiger partial charge in [0, 0.05) is 17.8 Å². The first-order valence-electron chi connectivity index (χ1n) is 6.56. The molecule has 1 N–H and O–H groups in total. The number of nitrogens with one attached hydrogen (secondary N) is 1. The fourth-order valence-electron chi connectivity index (χ4n) is 1.95. The van der Waals surface area contributed by atoms with E-state index in [-0.39, 0.29) is 0 Å². The van der Waals surface area contributed by atoms with Crippen LogP contribution in [0, 0.1) is 0 Å². The van der Waals surface area contributed by atoms with Crippen molar-refractivity contribution in [2.45, 2.75) is 26.3 Å². The molecule has 1 aromatic heterocycles. The molecule has 0 fully saturated rings. The van der Waals surface area contributed by atoms with Gasteiger partial charge in [0.25, 0.3) is 0 Å². The van der Waals surface area contributed by atoms with Gasteiger partial charge in [-0.15, -0.1) is 0 Å². The lowest BCUT2D eigenvalue weighted by atomic mass is 10.0. The summed E-state index contributed by atoms with van der Waals surface area (Å²) in [6.07, 6.45) is 2.99. The topological polar surface area (TPSA) is 24.9 Å². The standard InChI is InChI=1S/C16H20N2/c1-3-11-17-13(2)14-7-9-15(10-8-14)16-6-4-5-12-18-16/h4-10,12-13,17H,3,11H2,1-2H3. The van der Waals surface area contributed by atoms with E-state index in [1.807, 2.05) is 24.4 Å². The maximum atomic E-state index is 4.36. The molecule has 0 saturated heterocycles. The Labute approximate surface area is 109 Å². The number of nitrogens with zero attached hydrogens (tertiary/aromatic N) is 1. The number of benzene rings is 1. The van der Waals surface area contributed by atoms with E-state index in [1.165, 1.54) is 11.1 Å². The van der Waals surface area contributed by atoms with Crippen LogP contribution >= 0.6 is 0 Å². The number of hydrogen-bond acceptors (Lipinski definition) is 2. The maximum absolute atomic E-state index is 4.36. The molecule has 2 rings (SSSR count). The second-order valence-corrected chi connectivity index (χ2v) is 4.51. The van der Waals surface area contributed by atoms with Gasteiger partial charge in [-0.05, 0) is 37.6 Å². The van der Waals surface area contributed by atoms with Gasteiger partial charge in [0.2, 0.25) is 0 Å². The van der Waals surface area contributed by atoms with Crippen molar-refractivity contribution in [1.29, 1.82) is 0 Å². The summed E-state index contributed by atoms with van der Waals surface area (Å²) in [5, 5.41) is 3.49. The SMILES string of the molecule is CCCNC(C)c1ccc(-c2ccccn2)cc1. The molecule has 1 unspecified atom stereocenters. The van der Waals surface area contributed by atoms with Crippen molar-refractivity contribution in [2.75, 3.05) is 6.54 Å². The highest BCUT2D eigenvalue weighted by molar-refractivity contribution is 5.59. The van der Waals surface area contributed by atoms with Crippen molar-refractivity contribution in [3.63, 3.8) is 0 Å². The van der Waals surface area contributed by atoms with E-state index in [4.69, 9.17) is 0 Å². The first-order valence-corrected chi connectivity index (χ1v) is 6.56. The Morgan fingerprint density at radius 2 is 1.89 bits per heavy atom. The third-order valence-electron chi connectivity index (χ3n) is 3.07. The Bertz CT molecular complexity index is 462. The average molecular weight is 240 g/mol. The Balaban J connectivity index is 2.10. The van der Waals surface area contributed by atoms with E-state index in [0.717, 1.165) is 18.7 Å². The van der Waals surface area contributed by atoms with E-state index in [0.29, 0.717) is 6.04 Å². The molecule has 18 heavy (non-hydrogen) atoms. The number of pyridine rings is 1. The van der Waals surface area contributed by atoms with Crippen LogP contribution in [0.4, 0.5) is 0 Å². The van der Waals surface area contributed by atoms with E-state index in [9.17, 15) is 0 Å². The van der Waals surface area contributed by atoms with Crippen LogP contribution < -0.4 is 5.32 Å². The third-order valence-corrected chi connectivity index (χ3v) is 3.07. The van der Waals surface area contributed by atoms with Gasteiger partial charge < -0.3 is 5.32 Å². The molecular formula is C16H20N2. The van der Waals surface area contributed by atoms with E-state index in [2.05, 4.69) is 48.4 Å². The van der Waals surface area contributed by atoms with Crippen LogP contribution in [0.15, 0.2) is 48.7 Å². The monoisotopic (exact) mass is 240 g/mol. The fourth-order valence-corrected chi connectivity index (χ4v) is 1.95. The van der Waals surface area contributed by atoms with Crippen molar-refractivity contribution in [3.05, 3.63) is 54.2 Å². The Kier molecular flexibility index (Phi) is 4.48. The molecule has 0 aliphatic heterocycles. The average Bonchev–Trinajstić information content (AvgIpc) is 2.46. The molecule has 0 radical (unpaired) electrons. The summed E-state index contributed by atoms with van der Waals surface area (Å²) in [5.74, 6) is 0. The highest BCUT2D eigenvalue weighted by Gasteiger charge is 2.04. The molecule has 0 bridgehead atoms. The lowest BCUT2D eigenvalue weighted by Gasteiger charge is -2.14.